The molecule has 0 aromatic heterocycles. The quantitative estimate of drug-likeness (QED) is 0.533. The van der Waals surface area contributed by atoms with E-state index in [0.717, 1.165) is 21.9 Å². The fraction of sp³-hybridized carbons (Fsp3) is 0.125. The Hall–Kier alpha value is -2.42. The van der Waals surface area contributed by atoms with Gasteiger partial charge in [-0.15, -0.1) is 0 Å². The van der Waals surface area contributed by atoms with Gasteiger partial charge in [0, 0.05) is 0 Å². The van der Waals surface area contributed by atoms with Crippen LogP contribution >= 0.6 is 0 Å². The topological polar surface area (TPSA) is 43.4 Å². The maximum absolute atomic E-state index is 11.8. The van der Waals surface area contributed by atoms with Gasteiger partial charge in [0.2, 0.25) is 0 Å². The maximum Gasteiger partial charge on any atom is 0.322 e. The molecule has 19 heavy (non-hydrogen) atoms. The second kappa shape index (κ2) is 3.54. The SMILES string of the molecule is O=C1OC(=O)C2c3ccc4ccccc4c3C=CC12. The zero-order valence-corrected chi connectivity index (χ0v) is 10.00. The molecule has 1 saturated heterocycles. The van der Waals surface area contributed by atoms with Crippen LogP contribution in [0.3, 0.4) is 0 Å². The third kappa shape index (κ3) is 1.32. The Kier molecular flexibility index (Phi) is 1.96. The Labute approximate surface area is 109 Å². The van der Waals surface area contributed by atoms with Crippen molar-refractivity contribution in [3.63, 3.8) is 0 Å². The molecule has 92 valence electrons. The van der Waals surface area contributed by atoms with Crippen LogP contribution < -0.4 is 0 Å². The van der Waals surface area contributed by atoms with E-state index in [-0.39, 0.29) is 0 Å². The minimum Gasteiger partial charge on any atom is -0.392 e. The zero-order valence-electron chi connectivity index (χ0n) is 10.00. The number of hydrogen-bond donors (Lipinski definition) is 0. The Morgan fingerprint density at radius 2 is 1.79 bits per heavy atom. The Bertz CT molecular complexity index is 758. The van der Waals surface area contributed by atoms with Crippen molar-refractivity contribution in [3.05, 3.63) is 53.6 Å². The summed E-state index contributed by atoms with van der Waals surface area (Å²) in [6.45, 7) is 0. The third-order valence-corrected chi connectivity index (χ3v) is 3.90. The average Bonchev–Trinajstić information content (AvgIpc) is 2.74. The molecule has 0 radical (unpaired) electrons. The fourth-order valence-electron chi connectivity index (χ4n) is 2.99. The molecule has 0 bridgehead atoms. The van der Waals surface area contributed by atoms with Gasteiger partial charge < -0.3 is 4.74 Å². The smallest absolute Gasteiger partial charge is 0.322 e. The van der Waals surface area contributed by atoms with E-state index in [1.54, 1.807) is 6.08 Å². The number of carbonyl (C=O) groups excluding carboxylic acids is 2. The number of esters is 2. The second-order valence-electron chi connectivity index (χ2n) is 4.89. The van der Waals surface area contributed by atoms with Crippen LogP contribution in [-0.2, 0) is 14.3 Å². The lowest BCUT2D eigenvalue weighted by atomic mass is 9.79. The first kappa shape index (κ1) is 10.5. The van der Waals surface area contributed by atoms with Crippen LogP contribution in [0.15, 0.2) is 42.5 Å². The molecule has 3 heteroatoms. The summed E-state index contributed by atoms with van der Waals surface area (Å²) in [5.74, 6) is -1.81. The molecular weight excluding hydrogens is 240 g/mol. The van der Waals surface area contributed by atoms with Gasteiger partial charge in [-0.2, -0.15) is 0 Å². The van der Waals surface area contributed by atoms with E-state index < -0.39 is 23.8 Å². The van der Waals surface area contributed by atoms with E-state index in [1.165, 1.54) is 0 Å². The van der Waals surface area contributed by atoms with E-state index in [9.17, 15) is 9.59 Å². The van der Waals surface area contributed by atoms with Crippen LogP contribution in [0.4, 0.5) is 0 Å². The molecule has 2 aliphatic rings. The summed E-state index contributed by atoms with van der Waals surface area (Å²) in [6, 6.07) is 11.9. The van der Waals surface area contributed by atoms with Gasteiger partial charge in [0.15, 0.2) is 0 Å². The number of rotatable bonds is 0. The first-order valence-electron chi connectivity index (χ1n) is 6.21. The number of fused-ring (bicyclic) bond motifs is 5. The van der Waals surface area contributed by atoms with E-state index >= 15 is 0 Å². The first-order chi connectivity index (χ1) is 9.25. The number of ether oxygens (including phenoxy) is 1. The molecule has 2 aromatic rings. The molecule has 2 aromatic carbocycles. The monoisotopic (exact) mass is 250 g/mol. The van der Waals surface area contributed by atoms with Crippen molar-refractivity contribution in [1.82, 2.24) is 0 Å². The lowest BCUT2D eigenvalue weighted by Gasteiger charge is -2.20. The van der Waals surface area contributed by atoms with Crippen LogP contribution in [-0.4, -0.2) is 11.9 Å². The van der Waals surface area contributed by atoms with Crippen molar-refractivity contribution < 1.29 is 14.3 Å². The van der Waals surface area contributed by atoms with Crippen molar-refractivity contribution in [2.75, 3.05) is 0 Å². The summed E-state index contributed by atoms with van der Waals surface area (Å²) < 4.78 is 4.75. The highest BCUT2D eigenvalue weighted by atomic mass is 16.6. The van der Waals surface area contributed by atoms with Gasteiger partial charge in [0.05, 0.1) is 11.8 Å². The van der Waals surface area contributed by atoms with E-state index in [2.05, 4.69) is 0 Å². The zero-order chi connectivity index (χ0) is 13.0. The molecule has 0 saturated carbocycles. The van der Waals surface area contributed by atoms with Crippen molar-refractivity contribution in [2.24, 2.45) is 5.92 Å². The average molecular weight is 250 g/mol. The predicted molar refractivity (Wildman–Crippen MR) is 70.3 cm³/mol. The molecule has 0 N–H and O–H groups in total. The van der Waals surface area contributed by atoms with Gasteiger partial charge in [-0.3, -0.25) is 9.59 Å². The molecular formula is C16H10O3. The van der Waals surface area contributed by atoms with E-state index in [1.807, 2.05) is 42.5 Å². The van der Waals surface area contributed by atoms with E-state index in [4.69, 9.17) is 4.74 Å². The van der Waals surface area contributed by atoms with Gasteiger partial charge in [0.1, 0.15) is 0 Å². The molecule has 3 nitrogen and oxygen atoms in total. The summed E-state index contributed by atoms with van der Waals surface area (Å²) in [6.07, 6.45) is 3.71. The predicted octanol–water partition coefficient (Wildman–Crippen LogP) is 2.65. The van der Waals surface area contributed by atoms with Crippen molar-refractivity contribution in [1.29, 1.82) is 0 Å². The number of benzene rings is 2. The summed E-state index contributed by atoms with van der Waals surface area (Å²) in [4.78, 5) is 23.4. The Morgan fingerprint density at radius 3 is 2.68 bits per heavy atom. The second-order valence-corrected chi connectivity index (χ2v) is 4.89. The number of carbonyl (C=O) groups is 2. The van der Waals surface area contributed by atoms with Crippen molar-refractivity contribution in [2.45, 2.75) is 5.92 Å². The van der Waals surface area contributed by atoms with Gasteiger partial charge in [-0.25, -0.2) is 0 Å². The number of hydrogen-bond acceptors (Lipinski definition) is 3. The van der Waals surface area contributed by atoms with Crippen LogP contribution in [0.25, 0.3) is 16.8 Å². The molecule has 1 aliphatic carbocycles. The van der Waals surface area contributed by atoms with Crippen molar-refractivity contribution in [3.8, 4) is 0 Å². The molecule has 1 fully saturated rings. The molecule has 1 aliphatic heterocycles. The highest BCUT2D eigenvalue weighted by molar-refractivity contribution is 6.05. The lowest BCUT2D eigenvalue weighted by molar-refractivity contribution is -0.153. The van der Waals surface area contributed by atoms with Gasteiger partial charge in [-0.1, -0.05) is 48.6 Å². The molecule has 2 unspecified atom stereocenters. The van der Waals surface area contributed by atoms with Crippen LogP contribution in [0.2, 0.25) is 0 Å². The largest absolute Gasteiger partial charge is 0.392 e. The van der Waals surface area contributed by atoms with Crippen LogP contribution in [0.5, 0.6) is 0 Å². The highest BCUT2D eigenvalue weighted by Gasteiger charge is 2.46. The summed E-state index contributed by atoms with van der Waals surface area (Å²) in [5.41, 5.74) is 1.91. The minimum absolute atomic E-state index is 0.434. The molecule has 2 atom stereocenters. The maximum atomic E-state index is 11.8. The molecule has 4 rings (SSSR count). The van der Waals surface area contributed by atoms with E-state index in [0.29, 0.717) is 0 Å². The van der Waals surface area contributed by atoms with Gasteiger partial charge in [-0.05, 0) is 21.9 Å². The summed E-state index contributed by atoms with van der Waals surface area (Å²) in [7, 11) is 0. The Balaban J connectivity index is 2.02. The van der Waals surface area contributed by atoms with Gasteiger partial charge in [0.25, 0.3) is 0 Å². The summed E-state index contributed by atoms with van der Waals surface area (Å²) in [5, 5.41) is 2.23. The number of cyclic esters (lactones) is 2. The van der Waals surface area contributed by atoms with Crippen molar-refractivity contribution >= 4 is 28.8 Å². The molecule has 1 heterocycles. The standard InChI is InChI=1S/C16H10O3/c17-15-13-8-7-11-10-4-2-1-3-9(10)5-6-12(11)14(13)16(18)19-15/h1-8,13-14H. The first-order valence-corrected chi connectivity index (χ1v) is 6.21. The Morgan fingerprint density at radius 1 is 0.947 bits per heavy atom. The summed E-state index contributed by atoms with van der Waals surface area (Å²) >= 11 is 0. The van der Waals surface area contributed by atoms with Crippen LogP contribution in [0, 0.1) is 5.92 Å². The third-order valence-electron chi connectivity index (χ3n) is 3.90. The minimum atomic E-state index is -0.475. The lowest BCUT2D eigenvalue weighted by Crippen LogP contribution is -2.17. The normalized spacial score (nSPS) is 24.2. The molecule has 0 amide bonds. The fourth-order valence-corrected chi connectivity index (χ4v) is 2.99. The molecule has 0 spiro atoms. The highest BCUT2D eigenvalue weighted by Crippen LogP contribution is 2.42. The van der Waals surface area contributed by atoms with Gasteiger partial charge >= 0.3 is 11.9 Å². The van der Waals surface area contributed by atoms with Crippen LogP contribution in [0.1, 0.15) is 17.0 Å².